The Bertz CT molecular complexity index is 277. The van der Waals surface area contributed by atoms with Gasteiger partial charge in [0, 0.05) is 12.0 Å². The van der Waals surface area contributed by atoms with E-state index in [-0.39, 0.29) is 11.3 Å². The van der Waals surface area contributed by atoms with E-state index in [9.17, 15) is 0 Å². The van der Waals surface area contributed by atoms with Gasteiger partial charge in [-0.25, -0.2) is 0 Å². The smallest absolute Gasteiger partial charge is 0.167 e. The van der Waals surface area contributed by atoms with Gasteiger partial charge in [0.15, 0.2) is 5.72 Å². The monoisotopic (exact) mass is 195 g/mol. The second-order valence-electron chi connectivity index (χ2n) is 5.57. The molecule has 0 bridgehead atoms. The first-order valence-corrected chi connectivity index (χ1v) is 5.81. The molecule has 0 amide bonds. The topological polar surface area (TPSA) is 30.5 Å². The zero-order valence-corrected chi connectivity index (χ0v) is 8.47. The van der Waals surface area contributed by atoms with Crippen molar-refractivity contribution in [2.75, 3.05) is 19.8 Å². The minimum absolute atomic E-state index is 0.0890. The molecule has 1 N–H and O–H groups in total. The van der Waals surface area contributed by atoms with Gasteiger partial charge in [0.2, 0.25) is 0 Å². The lowest BCUT2D eigenvalue weighted by molar-refractivity contribution is -0.331. The zero-order valence-electron chi connectivity index (χ0n) is 8.47. The fourth-order valence-corrected chi connectivity index (χ4v) is 3.37. The maximum atomic E-state index is 6.38. The van der Waals surface area contributed by atoms with Gasteiger partial charge in [0.05, 0.1) is 18.8 Å². The molecule has 4 fully saturated rings. The molecule has 14 heavy (non-hydrogen) atoms. The minimum Gasteiger partial charge on any atom is -0.372 e. The normalized spacial score (nSPS) is 39.4. The molecule has 2 aliphatic heterocycles. The lowest BCUT2D eigenvalue weighted by Gasteiger charge is -2.60. The van der Waals surface area contributed by atoms with Crippen LogP contribution < -0.4 is 5.32 Å². The average Bonchev–Trinajstić information content (AvgIpc) is 2.82. The van der Waals surface area contributed by atoms with Crippen LogP contribution in [0.2, 0.25) is 0 Å². The predicted molar refractivity (Wildman–Crippen MR) is 50.9 cm³/mol. The fourth-order valence-electron chi connectivity index (χ4n) is 3.37. The summed E-state index contributed by atoms with van der Waals surface area (Å²) in [7, 11) is 0. The highest BCUT2D eigenvalue weighted by Gasteiger charge is 2.68. The molecule has 3 nitrogen and oxygen atoms in total. The predicted octanol–water partition coefficient (Wildman–Crippen LogP) is 1.04. The van der Waals surface area contributed by atoms with E-state index in [1.807, 2.05) is 0 Å². The van der Waals surface area contributed by atoms with Gasteiger partial charge in [-0.3, -0.25) is 5.32 Å². The van der Waals surface area contributed by atoms with E-state index in [0.717, 1.165) is 19.8 Å². The number of hydrogen-bond donors (Lipinski definition) is 1. The van der Waals surface area contributed by atoms with Crippen molar-refractivity contribution in [1.82, 2.24) is 5.32 Å². The van der Waals surface area contributed by atoms with Crippen molar-refractivity contribution in [3.05, 3.63) is 0 Å². The van der Waals surface area contributed by atoms with Gasteiger partial charge in [-0.05, 0) is 32.1 Å². The SMILES string of the molecule is C1CC2(C1)OC1(COC1)NCC21CC1. The standard InChI is InChI=1S/C11H17NO2/c1-2-10(3-1)9(4-5-9)6-12-11(14-10)7-13-8-11/h12H,1-8H2. The van der Waals surface area contributed by atoms with Crippen LogP contribution >= 0.6 is 0 Å². The summed E-state index contributed by atoms with van der Waals surface area (Å²) in [5, 5.41) is 3.56. The lowest BCUT2D eigenvalue weighted by atomic mass is 9.67. The third kappa shape index (κ3) is 0.765. The molecule has 0 aromatic heterocycles. The second kappa shape index (κ2) is 2.18. The molecule has 0 unspecified atom stereocenters. The fraction of sp³-hybridized carbons (Fsp3) is 1.00. The van der Waals surface area contributed by atoms with E-state index in [2.05, 4.69) is 5.32 Å². The van der Waals surface area contributed by atoms with E-state index < -0.39 is 0 Å². The molecule has 0 aromatic carbocycles. The molecule has 2 heterocycles. The Labute approximate surface area is 84.1 Å². The number of rotatable bonds is 0. The summed E-state index contributed by atoms with van der Waals surface area (Å²) < 4.78 is 11.7. The van der Waals surface area contributed by atoms with Crippen LogP contribution in [0, 0.1) is 5.41 Å². The van der Waals surface area contributed by atoms with Crippen LogP contribution in [-0.4, -0.2) is 31.1 Å². The Morgan fingerprint density at radius 3 is 2.21 bits per heavy atom. The van der Waals surface area contributed by atoms with Crippen molar-refractivity contribution in [3.8, 4) is 0 Å². The van der Waals surface area contributed by atoms with Crippen molar-refractivity contribution in [1.29, 1.82) is 0 Å². The highest BCUT2D eigenvalue weighted by Crippen LogP contribution is 2.65. The molecule has 0 atom stereocenters. The first-order chi connectivity index (χ1) is 6.79. The Morgan fingerprint density at radius 2 is 1.79 bits per heavy atom. The number of hydrogen-bond acceptors (Lipinski definition) is 3. The molecule has 3 heteroatoms. The number of nitrogens with one attached hydrogen (secondary N) is 1. The third-order valence-electron chi connectivity index (χ3n) is 4.79. The van der Waals surface area contributed by atoms with Gasteiger partial charge < -0.3 is 9.47 Å². The maximum Gasteiger partial charge on any atom is 0.167 e. The molecular weight excluding hydrogens is 178 g/mol. The molecule has 0 radical (unpaired) electrons. The van der Waals surface area contributed by atoms with Gasteiger partial charge in [-0.15, -0.1) is 0 Å². The van der Waals surface area contributed by atoms with Crippen molar-refractivity contribution in [3.63, 3.8) is 0 Å². The minimum atomic E-state index is -0.0890. The molecule has 3 spiro atoms. The van der Waals surface area contributed by atoms with Gasteiger partial charge in [0.1, 0.15) is 0 Å². The highest BCUT2D eigenvalue weighted by atomic mass is 16.6. The molecule has 4 rings (SSSR count). The maximum absolute atomic E-state index is 6.38. The Balaban J connectivity index is 1.65. The summed E-state index contributed by atoms with van der Waals surface area (Å²) in [5.41, 5.74) is 0.683. The van der Waals surface area contributed by atoms with Crippen molar-refractivity contribution < 1.29 is 9.47 Å². The molecule has 4 aliphatic rings. The molecule has 78 valence electrons. The van der Waals surface area contributed by atoms with Crippen LogP contribution in [0.4, 0.5) is 0 Å². The summed E-state index contributed by atoms with van der Waals surface area (Å²) in [6, 6.07) is 0. The van der Waals surface area contributed by atoms with Gasteiger partial charge in [0.25, 0.3) is 0 Å². The van der Waals surface area contributed by atoms with Gasteiger partial charge in [-0.2, -0.15) is 0 Å². The van der Waals surface area contributed by atoms with E-state index in [1.165, 1.54) is 32.1 Å². The van der Waals surface area contributed by atoms with E-state index >= 15 is 0 Å². The summed E-state index contributed by atoms with van der Waals surface area (Å²) in [4.78, 5) is 0. The molecular formula is C11H17NO2. The summed E-state index contributed by atoms with van der Waals surface area (Å²) in [6.45, 7) is 2.67. The lowest BCUT2D eigenvalue weighted by Crippen LogP contribution is -2.74. The molecule has 2 aliphatic carbocycles. The molecule has 2 saturated carbocycles. The van der Waals surface area contributed by atoms with Crippen molar-refractivity contribution >= 4 is 0 Å². The number of fused-ring (bicyclic) bond motifs is 1. The Morgan fingerprint density at radius 1 is 1.00 bits per heavy atom. The van der Waals surface area contributed by atoms with Crippen LogP contribution in [0.15, 0.2) is 0 Å². The van der Waals surface area contributed by atoms with E-state index in [1.54, 1.807) is 0 Å². The zero-order chi connectivity index (χ0) is 9.28. The quantitative estimate of drug-likeness (QED) is 0.626. The van der Waals surface area contributed by atoms with E-state index in [0.29, 0.717) is 5.41 Å². The first-order valence-electron chi connectivity index (χ1n) is 5.81. The average molecular weight is 195 g/mol. The Hall–Kier alpha value is -0.120. The first kappa shape index (κ1) is 8.08. The molecule has 2 saturated heterocycles. The number of ether oxygens (including phenoxy) is 2. The van der Waals surface area contributed by atoms with Crippen LogP contribution in [0.25, 0.3) is 0 Å². The van der Waals surface area contributed by atoms with Crippen LogP contribution in [0.3, 0.4) is 0 Å². The Kier molecular flexibility index (Phi) is 1.26. The second-order valence-corrected chi connectivity index (χ2v) is 5.57. The summed E-state index contributed by atoms with van der Waals surface area (Å²) in [5.74, 6) is 0. The van der Waals surface area contributed by atoms with Crippen LogP contribution in [0.5, 0.6) is 0 Å². The largest absolute Gasteiger partial charge is 0.372 e. The van der Waals surface area contributed by atoms with Crippen LogP contribution in [-0.2, 0) is 9.47 Å². The third-order valence-corrected chi connectivity index (χ3v) is 4.79. The van der Waals surface area contributed by atoms with Gasteiger partial charge >= 0.3 is 0 Å². The summed E-state index contributed by atoms with van der Waals surface area (Å²) in [6.07, 6.45) is 6.68. The van der Waals surface area contributed by atoms with Crippen molar-refractivity contribution in [2.45, 2.75) is 43.4 Å². The van der Waals surface area contributed by atoms with Crippen LogP contribution in [0.1, 0.15) is 32.1 Å². The van der Waals surface area contributed by atoms with Gasteiger partial charge in [-0.1, -0.05) is 0 Å². The molecule has 0 aromatic rings. The van der Waals surface area contributed by atoms with Crippen molar-refractivity contribution in [2.24, 2.45) is 5.41 Å². The highest BCUT2D eigenvalue weighted by molar-refractivity contribution is 5.18. The van der Waals surface area contributed by atoms with E-state index in [4.69, 9.17) is 9.47 Å². The summed E-state index contributed by atoms with van der Waals surface area (Å²) >= 11 is 0.